The highest BCUT2D eigenvalue weighted by molar-refractivity contribution is 6.00. The Kier molecular flexibility index (Phi) is 4.23. The van der Waals surface area contributed by atoms with Crippen molar-refractivity contribution in [1.82, 2.24) is 10.6 Å². The van der Waals surface area contributed by atoms with Crippen molar-refractivity contribution in [2.75, 3.05) is 31.1 Å². The zero-order chi connectivity index (χ0) is 17.4. The van der Waals surface area contributed by atoms with Gasteiger partial charge in [0.25, 0.3) is 0 Å². The molecule has 1 aromatic rings. The molecule has 0 saturated carbocycles. The number of nitrogens with zero attached hydrogens (tertiary/aromatic N) is 1. The molecule has 6 heteroatoms. The number of halogens is 1. The average molecular weight is 345 g/mol. The smallest absolute Gasteiger partial charge is 0.234 e. The molecule has 3 heterocycles. The normalized spacial score (nSPS) is 26.1. The first-order valence-electron chi connectivity index (χ1n) is 9.15. The molecule has 3 aliphatic rings. The van der Waals surface area contributed by atoms with Crippen molar-refractivity contribution in [3.05, 3.63) is 29.6 Å². The second kappa shape index (κ2) is 6.41. The number of carbonyl (C=O) groups excluding carboxylic acids is 2. The Balaban J connectivity index is 1.51. The standard InChI is InChI=1S/C19H24FN3O2/c20-15-11-13(14-2-4-17(24)22-18(14)25)1-3-16(15)23-10-7-19(12-23)5-8-21-9-6-19/h1,3,11,14,21H,2,4-10,12H2,(H,22,24,25). The van der Waals surface area contributed by atoms with E-state index < -0.39 is 5.92 Å². The van der Waals surface area contributed by atoms with E-state index in [0.717, 1.165) is 45.4 Å². The molecule has 3 aliphatic heterocycles. The maximum atomic E-state index is 14.8. The molecule has 1 spiro atoms. The van der Waals surface area contributed by atoms with Crippen LogP contribution in [-0.2, 0) is 9.59 Å². The molecular weight excluding hydrogens is 321 g/mol. The van der Waals surface area contributed by atoms with Crippen molar-refractivity contribution >= 4 is 17.5 Å². The summed E-state index contributed by atoms with van der Waals surface area (Å²) in [5.74, 6) is -1.27. The summed E-state index contributed by atoms with van der Waals surface area (Å²) in [5.41, 5.74) is 1.61. The van der Waals surface area contributed by atoms with Gasteiger partial charge in [-0.05, 0) is 61.9 Å². The van der Waals surface area contributed by atoms with Crippen LogP contribution < -0.4 is 15.5 Å². The van der Waals surface area contributed by atoms with Gasteiger partial charge >= 0.3 is 0 Å². The van der Waals surface area contributed by atoms with E-state index in [1.54, 1.807) is 6.07 Å². The predicted molar refractivity (Wildman–Crippen MR) is 92.9 cm³/mol. The third-order valence-electron chi connectivity index (χ3n) is 6.06. The van der Waals surface area contributed by atoms with Gasteiger partial charge < -0.3 is 10.2 Å². The number of amides is 2. The molecule has 0 aliphatic carbocycles. The van der Waals surface area contributed by atoms with Gasteiger partial charge in [0.1, 0.15) is 5.82 Å². The maximum absolute atomic E-state index is 14.8. The highest BCUT2D eigenvalue weighted by Crippen LogP contribution is 2.41. The maximum Gasteiger partial charge on any atom is 0.234 e. The topological polar surface area (TPSA) is 61.4 Å². The van der Waals surface area contributed by atoms with Crippen LogP contribution in [0.3, 0.4) is 0 Å². The summed E-state index contributed by atoms with van der Waals surface area (Å²) in [6.45, 7) is 3.88. The summed E-state index contributed by atoms with van der Waals surface area (Å²) in [6, 6.07) is 5.11. The molecule has 0 bridgehead atoms. The van der Waals surface area contributed by atoms with Crippen molar-refractivity contribution < 1.29 is 14.0 Å². The molecule has 3 saturated heterocycles. The van der Waals surface area contributed by atoms with Gasteiger partial charge in [-0.25, -0.2) is 4.39 Å². The van der Waals surface area contributed by atoms with E-state index in [9.17, 15) is 14.0 Å². The number of piperidine rings is 2. The molecule has 5 nitrogen and oxygen atoms in total. The summed E-state index contributed by atoms with van der Waals surface area (Å²) in [6.07, 6.45) is 4.17. The van der Waals surface area contributed by atoms with Crippen LogP contribution in [0.5, 0.6) is 0 Å². The molecule has 4 rings (SSSR count). The third kappa shape index (κ3) is 3.15. The molecule has 1 atom stereocenters. The summed E-state index contributed by atoms with van der Waals surface area (Å²) in [5, 5.41) is 5.74. The number of hydrogen-bond acceptors (Lipinski definition) is 4. The summed E-state index contributed by atoms with van der Waals surface area (Å²) in [4.78, 5) is 25.4. The van der Waals surface area contributed by atoms with E-state index in [1.165, 1.54) is 6.07 Å². The molecule has 0 aromatic heterocycles. The number of benzene rings is 1. The fourth-order valence-corrected chi connectivity index (χ4v) is 4.51. The van der Waals surface area contributed by atoms with Crippen molar-refractivity contribution in [3.63, 3.8) is 0 Å². The lowest BCUT2D eigenvalue weighted by Crippen LogP contribution is -2.39. The molecular formula is C19H24FN3O2. The average Bonchev–Trinajstić information content (AvgIpc) is 2.98. The number of nitrogens with one attached hydrogen (secondary N) is 2. The van der Waals surface area contributed by atoms with Crippen molar-refractivity contribution in [3.8, 4) is 0 Å². The SMILES string of the molecule is O=C1CCC(c2ccc(N3CCC4(CCNCC4)C3)c(F)c2)C(=O)N1. The molecule has 1 unspecified atom stereocenters. The Morgan fingerprint density at radius 3 is 2.68 bits per heavy atom. The van der Waals surface area contributed by atoms with Crippen molar-refractivity contribution in [2.24, 2.45) is 5.41 Å². The summed E-state index contributed by atoms with van der Waals surface area (Å²) < 4.78 is 14.8. The third-order valence-corrected chi connectivity index (χ3v) is 6.06. The van der Waals surface area contributed by atoms with Crippen LogP contribution in [-0.4, -0.2) is 38.0 Å². The summed E-state index contributed by atoms with van der Waals surface area (Å²) >= 11 is 0. The van der Waals surface area contributed by atoms with Crippen LogP contribution in [0.4, 0.5) is 10.1 Å². The highest BCUT2D eigenvalue weighted by atomic mass is 19.1. The molecule has 134 valence electrons. The van der Waals surface area contributed by atoms with Crippen molar-refractivity contribution in [1.29, 1.82) is 0 Å². The minimum Gasteiger partial charge on any atom is -0.369 e. The second-order valence-electron chi connectivity index (χ2n) is 7.64. The van der Waals surface area contributed by atoms with Crippen LogP contribution in [0, 0.1) is 11.2 Å². The lowest BCUT2D eigenvalue weighted by Gasteiger charge is -2.34. The van der Waals surface area contributed by atoms with Gasteiger partial charge in [0.15, 0.2) is 0 Å². The largest absolute Gasteiger partial charge is 0.369 e. The van der Waals surface area contributed by atoms with Crippen LogP contribution >= 0.6 is 0 Å². The fraction of sp³-hybridized carbons (Fsp3) is 0.579. The monoisotopic (exact) mass is 345 g/mol. The van der Waals surface area contributed by atoms with E-state index >= 15 is 0 Å². The van der Waals surface area contributed by atoms with Crippen molar-refractivity contribution in [2.45, 2.75) is 38.0 Å². The Morgan fingerprint density at radius 1 is 1.16 bits per heavy atom. The van der Waals surface area contributed by atoms with Gasteiger partial charge in [-0.3, -0.25) is 14.9 Å². The Morgan fingerprint density at radius 2 is 1.96 bits per heavy atom. The lowest BCUT2D eigenvalue weighted by atomic mass is 9.78. The zero-order valence-electron chi connectivity index (χ0n) is 14.3. The number of rotatable bonds is 2. The number of anilines is 1. The van der Waals surface area contributed by atoms with Gasteiger partial charge in [0.05, 0.1) is 11.6 Å². The highest BCUT2D eigenvalue weighted by Gasteiger charge is 2.39. The minimum atomic E-state index is -0.435. The first kappa shape index (κ1) is 16.5. The van der Waals surface area contributed by atoms with Gasteiger partial charge in [0.2, 0.25) is 11.8 Å². The van der Waals surface area contributed by atoms with E-state index in [1.807, 2.05) is 6.07 Å². The second-order valence-corrected chi connectivity index (χ2v) is 7.64. The van der Waals surface area contributed by atoms with E-state index in [-0.39, 0.29) is 17.6 Å². The predicted octanol–water partition coefficient (Wildman–Crippen LogP) is 1.93. The van der Waals surface area contributed by atoms with Crippen LogP contribution in [0.15, 0.2) is 18.2 Å². The Labute approximate surface area is 147 Å². The quantitative estimate of drug-likeness (QED) is 0.804. The summed E-state index contributed by atoms with van der Waals surface area (Å²) in [7, 11) is 0. The van der Waals surface area contributed by atoms with Gasteiger partial charge in [0, 0.05) is 19.5 Å². The molecule has 25 heavy (non-hydrogen) atoms. The van der Waals surface area contributed by atoms with Gasteiger partial charge in [-0.15, -0.1) is 0 Å². The molecule has 0 radical (unpaired) electrons. The van der Waals surface area contributed by atoms with E-state index in [2.05, 4.69) is 15.5 Å². The Bertz CT molecular complexity index is 700. The fourth-order valence-electron chi connectivity index (χ4n) is 4.51. The molecule has 3 fully saturated rings. The van der Waals surface area contributed by atoms with E-state index in [4.69, 9.17) is 0 Å². The molecule has 2 N–H and O–H groups in total. The number of hydrogen-bond donors (Lipinski definition) is 2. The van der Waals surface area contributed by atoms with Gasteiger partial charge in [-0.2, -0.15) is 0 Å². The Hall–Kier alpha value is -1.95. The van der Waals surface area contributed by atoms with Gasteiger partial charge in [-0.1, -0.05) is 6.07 Å². The molecule has 1 aromatic carbocycles. The number of imide groups is 1. The van der Waals surface area contributed by atoms with Crippen LogP contribution in [0.2, 0.25) is 0 Å². The first-order chi connectivity index (χ1) is 12.1. The van der Waals surface area contributed by atoms with Crippen LogP contribution in [0.25, 0.3) is 0 Å². The molecule has 2 amide bonds. The van der Waals surface area contributed by atoms with E-state index in [0.29, 0.717) is 29.5 Å². The lowest BCUT2D eigenvalue weighted by molar-refractivity contribution is -0.134. The number of carbonyl (C=O) groups is 2. The van der Waals surface area contributed by atoms with Crippen LogP contribution in [0.1, 0.15) is 43.6 Å². The first-order valence-corrected chi connectivity index (χ1v) is 9.15. The minimum absolute atomic E-state index is 0.248. The zero-order valence-corrected chi connectivity index (χ0v) is 14.3.